The van der Waals surface area contributed by atoms with Gasteiger partial charge >= 0.3 is 0 Å². The lowest BCUT2D eigenvalue weighted by atomic mass is 9.46. The van der Waals surface area contributed by atoms with Gasteiger partial charge in [0.25, 0.3) is 0 Å². The zero-order chi connectivity index (χ0) is 15.5. The van der Waals surface area contributed by atoms with Gasteiger partial charge in [-0.15, -0.1) is 0 Å². The monoisotopic (exact) mass is 300 g/mol. The van der Waals surface area contributed by atoms with Crippen LogP contribution in [0.25, 0.3) is 0 Å². The van der Waals surface area contributed by atoms with Gasteiger partial charge in [-0.25, -0.2) is 0 Å². The van der Waals surface area contributed by atoms with Crippen LogP contribution in [0.1, 0.15) is 78.6 Å². The summed E-state index contributed by atoms with van der Waals surface area (Å²) in [5.41, 5.74) is 2.61. The minimum Gasteiger partial charge on any atom is -0.300 e. The van der Waals surface area contributed by atoms with Crippen LogP contribution in [0.5, 0.6) is 0 Å². The lowest BCUT2D eigenvalue weighted by molar-refractivity contribution is -0.119. The molecule has 0 spiro atoms. The molecule has 122 valence electrons. The summed E-state index contributed by atoms with van der Waals surface area (Å²) in [5.74, 6) is 4.05. The molecule has 3 saturated carbocycles. The molecule has 0 aromatic carbocycles. The molecule has 0 aliphatic heterocycles. The minimum atomic E-state index is 0.451. The van der Waals surface area contributed by atoms with Crippen LogP contribution in [0.2, 0.25) is 0 Å². The van der Waals surface area contributed by atoms with Crippen molar-refractivity contribution in [3.63, 3.8) is 0 Å². The third kappa shape index (κ3) is 1.93. The molecule has 0 amide bonds. The lowest BCUT2D eigenvalue weighted by Gasteiger charge is -2.58. The lowest BCUT2D eigenvalue weighted by Crippen LogP contribution is -2.51. The van der Waals surface area contributed by atoms with Crippen LogP contribution in [0.3, 0.4) is 0 Å². The van der Waals surface area contributed by atoms with E-state index in [2.05, 4.69) is 26.8 Å². The van der Waals surface area contributed by atoms with Gasteiger partial charge in [-0.05, 0) is 86.4 Å². The highest BCUT2D eigenvalue weighted by atomic mass is 16.1. The van der Waals surface area contributed by atoms with E-state index in [1.165, 1.54) is 44.9 Å². The van der Waals surface area contributed by atoms with Crippen molar-refractivity contribution in [3.05, 3.63) is 11.6 Å². The molecule has 0 aromatic rings. The number of hydrogen-bond acceptors (Lipinski definition) is 1. The molecule has 0 aromatic heterocycles. The SMILES string of the molecule is CC1=CCC2C3CCC4CCC(=O)CCC4(C)C3CCC12C. The Morgan fingerprint density at radius 2 is 1.82 bits per heavy atom. The minimum absolute atomic E-state index is 0.451. The van der Waals surface area contributed by atoms with Crippen molar-refractivity contribution >= 4 is 5.78 Å². The third-order valence-electron chi connectivity index (χ3n) is 8.75. The molecule has 0 N–H and O–H groups in total. The van der Waals surface area contributed by atoms with Gasteiger partial charge in [-0.2, -0.15) is 0 Å². The maximum absolute atomic E-state index is 12.0. The molecule has 3 fully saturated rings. The number of hydrogen-bond donors (Lipinski definition) is 0. The maximum atomic E-state index is 12.0. The second kappa shape index (κ2) is 4.95. The fraction of sp³-hybridized carbons (Fsp3) is 0.857. The Bertz CT molecular complexity index is 518. The van der Waals surface area contributed by atoms with Crippen molar-refractivity contribution in [2.75, 3.05) is 0 Å². The van der Waals surface area contributed by atoms with Gasteiger partial charge in [-0.1, -0.05) is 25.5 Å². The van der Waals surface area contributed by atoms with E-state index < -0.39 is 0 Å². The first-order valence-electron chi connectivity index (χ1n) is 9.64. The summed E-state index contributed by atoms with van der Waals surface area (Å²) < 4.78 is 0. The van der Waals surface area contributed by atoms with Crippen LogP contribution < -0.4 is 0 Å². The summed E-state index contributed by atoms with van der Waals surface area (Å²) in [5, 5.41) is 0. The van der Waals surface area contributed by atoms with Crippen molar-refractivity contribution in [3.8, 4) is 0 Å². The summed E-state index contributed by atoms with van der Waals surface area (Å²) >= 11 is 0. The smallest absolute Gasteiger partial charge is 0.132 e. The molecule has 0 saturated heterocycles. The quantitative estimate of drug-likeness (QED) is 0.536. The molecule has 0 heterocycles. The zero-order valence-corrected chi connectivity index (χ0v) is 14.7. The van der Waals surface area contributed by atoms with Crippen LogP contribution in [-0.2, 0) is 4.79 Å². The number of carbonyl (C=O) groups is 1. The first-order valence-corrected chi connectivity index (χ1v) is 9.64. The molecule has 0 bridgehead atoms. The average Bonchev–Trinajstić information content (AvgIpc) is 2.70. The van der Waals surface area contributed by atoms with Gasteiger partial charge < -0.3 is 0 Å². The largest absolute Gasteiger partial charge is 0.300 e. The van der Waals surface area contributed by atoms with E-state index in [-0.39, 0.29) is 0 Å². The summed E-state index contributed by atoms with van der Waals surface area (Å²) in [7, 11) is 0. The summed E-state index contributed by atoms with van der Waals surface area (Å²) in [6.45, 7) is 7.47. The fourth-order valence-electron chi connectivity index (χ4n) is 7.05. The van der Waals surface area contributed by atoms with E-state index in [0.29, 0.717) is 16.6 Å². The van der Waals surface area contributed by atoms with Gasteiger partial charge in [0.05, 0.1) is 0 Å². The number of allylic oxidation sites excluding steroid dienone is 2. The van der Waals surface area contributed by atoms with Gasteiger partial charge in [-0.3, -0.25) is 4.79 Å². The van der Waals surface area contributed by atoms with E-state index in [9.17, 15) is 4.79 Å². The molecular weight excluding hydrogens is 268 g/mol. The van der Waals surface area contributed by atoms with Crippen molar-refractivity contribution in [2.45, 2.75) is 78.6 Å². The van der Waals surface area contributed by atoms with E-state index in [1.54, 1.807) is 5.57 Å². The number of rotatable bonds is 0. The Hall–Kier alpha value is -0.590. The van der Waals surface area contributed by atoms with E-state index >= 15 is 0 Å². The molecule has 0 radical (unpaired) electrons. The predicted octanol–water partition coefficient (Wildman–Crippen LogP) is 5.54. The van der Waals surface area contributed by atoms with Crippen molar-refractivity contribution in [1.82, 2.24) is 0 Å². The number of Topliss-reactive ketones (excluding diaryl/α,β-unsaturated/α-hetero) is 1. The highest BCUT2D eigenvalue weighted by Gasteiger charge is 2.57. The molecule has 4 aliphatic carbocycles. The molecule has 4 rings (SSSR count). The number of ketones is 1. The van der Waals surface area contributed by atoms with E-state index in [4.69, 9.17) is 0 Å². The highest BCUT2D eigenvalue weighted by molar-refractivity contribution is 5.78. The van der Waals surface area contributed by atoms with Gasteiger partial charge in [0.1, 0.15) is 5.78 Å². The van der Waals surface area contributed by atoms with Gasteiger partial charge in [0.2, 0.25) is 0 Å². The Balaban J connectivity index is 1.64. The second-order valence-electron chi connectivity index (χ2n) is 9.31. The maximum Gasteiger partial charge on any atom is 0.132 e. The third-order valence-corrected chi connectivity index (χ3v) is 8.75. The molecular formula is C21H32O. The van der Waals surface area contributed by atoms with Crippen molar-refractivity contribution in [1.29, 1.82) is 0 Å². The molecule has 1 heteroatoms. The predicted molar refractivity (Wildman–Crippen MR) is 90.5 cm³/mol. The van der Waals surface area contributed by atoms with Crippen LogP contribution in [0.4, 0.5) is 0 Å². The van der Waals surface area contributed by atoms with Gasteiger partial charge in [0, 0.05) is 12.8 Å². The standard InChI is InChI=1S/C21H32O/c1-14-4-9-18-17-8-6-15-5-7-16(22)10-12-21(15,3)19(17)11-13-20(14,18)2/h4,15,17-19H,5-13H2,1-3H3. The van der Waals surface area contributed by atoms with Crippen LogP contribution in [0.15, 0.2) is 11.6 Å². The van der Waals surface area contributed by atoms with Crippen molar-refractivity contribution in [2.24, 2.45) is 34.5 Å². The Kier molecular flexibility index (Phi) is 3.37. The van der Waals surface area contributed by atoms with E-state index in [1.807, 2.05) is 0 Å². The molecule has 22 heavy (non-hydrogen) atoms. The molecule has 6 atom stereocenters. The molecule has 4 aliphatic rings. The highest BCUT2D eigenvalue weighted by Crippen LogP contribution is 2.65. The fourth-order valence-corrected chi connectivity index (χ4v) is 7.05. The van der Waals surface area contributed by atoms with Gasteiger partial charge in [0.15, 0.2) is 0 Å². The summed E-state index contributed by atoms with van der Waals surface area (Å²) in [6.07, 6.45) is 13.5. The van der Waals surface area contributed by atoms with Crippen molar-refractivity contribution < 1.29 is 4.79 Å². The molecule has 1 nitrogen and oxygen atoms in total. The Morgan fingerprint density at radius 1 is 1.00 bits per heavy atom. The normalized spacial score (nSPS) is 51.4. The first kappa shape index (κ1) is 15.0. The molecule has 6 unspecified atom stereocenters. The first-order chi connectivity index (χ1) is 10.4. The number of fused-ring (bicyclic) bond motifs is 5. The van der Waals surface area contributed by atoms with E-state index in [0.717, 1.165) is 36.5 Å². The Labute approximate surface area is 135 Å². The topological polar surface area (TPSA) is 17.1 Å². The van der Waals surface area contributed by atoms with Crippen LogP contribution >= 0.6 is 0 Å². The zero-order valence-electron chi connectivity index (χ0n) is 14.7. The summed E-state index contributed by atoms with van der Waals surface area (Å²) in [6, 6.07) is 0. The summed E-state index contributed by atoms with van der Waals surface area (Å²) in [4.78, 5) is 12.0. The van der Waals surface area contributed by atoms with Crippen LogP contribution in [0, 0.1) is 34.5 Å². The second-order valence-corrected chi connectivity index (χ2v) is 9.31. The van der Waals surface area contributed by atoms with Crippen LogP contribution in [-0.4, -0.2) is 5.78 Å². The number of carbonyl (C=O) groups excluding carboxylic acids is 1. The Morgan fingerprint density at radius 3 is 2.64 bits per heavy atom. The average molecular weight is 300 g/mol.